The lowest BCUT2D eigenvalue weighted by atomic mass is 10.0. The fraction of sp³-hybridized carbons (Fsp3) is 0.611. The molecule has 3 heterocycles. The highest BCUT2D eigenvalue weighted by Crippen LogP contribution is 2.31. The first kappa shape index (κ1) is 19.2. The zero-order valence-corrected chi connectivity index (χ0v) is 16.3. The van der Waals surface area contributed by atoms with E-state index in [0.29, 0.717) is 48.5 Å². The molecule has 9 heteroatoms. The van der Waals surface area contributed by atoms with Crippen molar-refractivity contribution in [3.8, 4) is 0 Å². The van der Waals surface area contributed by atoms with Crippen LogP contribution in [-0.4, -0.2) is 65.3 Å². The molecule has 0 N–H and O–H groups in total. The summed E-state index contributed by atoms with van der Waals surface area (Å²) in [5.41, 5.74) is 1.17. The van der Waals surface area contributed by atoms with Crippen LogP contribution in [0.1, 0.15) is 53.1 Å². The number of piperidine rings is 1. The first-order chi connectivity index (χ1) is 13.0. The highest BCUT2D eigenvalue weighted by molar-refractivity contribution is 5.95. The van der Waals surface area contributed by atoms with E-state index in [4.69, 9.17) is 9.26 Å². The van der Waals surface area contributed by atoms with Crippen molar-refractivity contribution in [2.45, 2.75) is 38.6 Å². The van der Waals surface area contributed by atoms with Crippen molar-refractivity contribution in [3.63, 3.8) is 0 Å². The molecule has 1 aliphatic rings. The summed E-state index contributed by atoms with van der Waals surface area (Å²) in [4.78, 5) is 30.0. The SMILES string of the molecule is COCCc1noc([C@@H]2CCCCN2C(=O)c2cnc(N(C)C)nc2C)n1. The van der Waals surface area contributed by atoms with Gasteiger partial charge in [-0.15, -0.1) is 0 Å². The predicted molar refractivity (Wildman–Crippen MR) is 98.6 cm³/mol. The van der Waals surface area contributed by atoms with E-state index in [2.05, 4.69) is 20.1 Å². The van der Waals surface area contributed by atoms with Crippen LogP contribution in [0.4, 0.5) is 5.95 Å². The Labute approximate surface area is 158 Å². The van der Waals surface area contributed by atoms with E-state index in [0.717, 1.165) is 19.3 Å². The summed E-state index contributed by atoms with van der Waals surface area (Å²) in [6, 6.07) is -0.219. The van der Waals surface area contributed by atoms with Gasteiger partial charge in [-0.3, -0.25) is 4.79 Å². The number of carbonyl (C=O) groups excluding carboxylic acids is 1. The Bertz CT molecular complexity index is 791. The van der Waals surface area contributed by atoms with Crippen LogP contribution in [0, 0.1) is 6.92 Å². The molecule has 27 heavy (non-hydrogen) atoms. The van der Waals surface area contributed by atoms with Gasteiger partial charge in [0.1, 0.15) is 6.04 Å². The number of carbonyl (C=O) groups is 1. The number of likely N-dealkylation sites (tertiary alicyclic amines) is 1. The van der Waals surface area contributed by atoms with Crippen molar-refractivity contribution in [2.24, 2.45) is 0 Å². The number of aryl methyl sites for hydroxylation is 1. The lowest BCUT2D eigenvalue weighted by Crippen LogP contribution is -2.39. The van der Waals surface area contributed by atoms with Gasteiger partial charge in [0.15, 0.2) is 5.82 Å². The minimum Gasteiger partial charge on any atom is -0.384 e. The zero-order chi connectivity index (χ0) is 19.4. The Morgan fingerprint density at radius 3 is 2.89 bits per heavy atom. The van der Waals surface area contributed by atoms with Crippen LogP contribution >= 0.6 is 0 Å². The lowest BCUT2D eigenvalue weighted by Gasteiger charge is -2.33. The van der Waals surface area contributed by atoms with E-state index in [9.17, 15) is 4.79 Å². The zero-order valence-electron chi connectivity index (χ0n) is 16.3. The van der Waals surface area contributed by atoms with E-state index in [1.165, 1.54) is 0 Å². The van der Waals surface area contributed by atoms with Crippen molar-refractivity contribution in [3.05, 3.63) is 29.2 Å². The third kappa shape index (κ3) is 4.24. The topological polar surface area (TPSA) is 97.5 Å². The maximum absolute atomic E-state index is 13.2. The van der Waals surface area contributed by atoms with Gasteiger partial charge in [0.2, 0.25) is 11.8 Å². The number of nitrogens with zero attached hydrogens (tertiary/aromatic N) is 6. The Kier molecular flexibility index (Phi) is 6.00. The molecule has 0 radical (unpaired) electrons. The molecule has 9 nitrogen and oxygen atoms in total. The van der Waals surface area contributed by atoms with Crippen molar-refractivity contribution >= 4 is 11.9 Å². The Morgan fingerprint density at radius 2 is 2.19 bits per heavy atom. The molecule has 0 bridgehead atoms. The fourth-order valence-corrected chi connectivity index (χ4v) is 3.16. The number of anilines is 1. The van der Waals surface area contributed by atoms with E-state index >= 15 is 0 Å². The molecule has 1 atom stereocenters. The Balaban J connectivity index is 1.82. The summed E-state index contributed by atoms with van der Waals surface area (Å²) >= 11 is 0. The number of aromatic nitrogens is 4. The van der Waals surface area contributed by atoms with Crippen LogP contribution in [0.25, 0.3) is 0 Å². The number of ether oxygens (including phenoxy) is 1. The Morgan fingerprint density at radius 1 is 1.37 bits per heavy atom. The van der Waals surface area contributed by atoms with Crippen molar-refractivity contribution in [1.82, 2.24) is 25.0 Å². The first-order valence-electron chi connectivity index (χ1n) is 9.14. The van der Waals surface area contributed by atoms with Gasteiger partial charge in [-0.2, -0.15) is 4.98 Å². The quantitative estimate of drug-likeness (QED) is 0.755. The number of amides is 1. The first-order valence-corrected chi connectivity index (χ1v) is 9.14. The average molecular weight is 374 g/mol. The van der Waals surface area contributed by atoms with Gasteiger partial charge in [-0.25, -0.2) is 9.97 Å². The Hall–Kier alpha value is -2.55. The summed E-state index contributed by atoms with van der Waals surface area (Å²) in [7, 11) is 5.37. The molecule has 0 aromatic carbocycles. The molecule has 1 amide bonds. The molecular weight excluding hydrogens is 348 g/mol. The number of methoxy groups -OCH3 is 1. The van der Waals surface area contributed by atoms with Crippen LogP contribution in [0.3, 0.4) is 0 Å². The number of hydrogen-bond donors (Lipinski definition) is 0. The van der Waals surface area contributed by atoms with Crippen LogP contribution in [0.2, 0.25) is 0 Å². The molecule has 0 spiro atoms. The minimum absolute atomic E-state index is 0.0980. The average Bonchev–Trinajstić information content (AvgIpc) is 3.14. The molecule has 2 aromatic rings. The fourth-order valence-electron chi connectivity index (χ4n) is 3.16. The second kappa shape index (κ2) is 8.43. The maximum Gasteiger partial charge on any atom is 0.257 e. The standard InChI is InChI=1S/C18H26N6O3/c1-12-13(11-19-18(20-12)23(2)3)17(25)24-9-6-5-7-14(24)16-21-15(22-27-16)8-10-26-4/h11,14H,5-10H2,1-4H3/t14-/m0/s1. The molecule has 2 aromatic heterocycles. The number of rotatable bonds is 6. The van der Waals surface area contributed by atoms with Gasteiger partial charge < -0.3 is 19.1 Å². The van der Waals surface area contributed by atoms with Crippen molar-refractivity contribution in [2.75, 3.05) is 39.3 Å². The lowest BCUT2D eigenvalue weighted by molar-refractivity contribution is 0.0559. The number of hydrogen-bond acceptors (Lipinski definition) is 8. The summed E-state index contributed by atoms with van der Waals surface area (Å²) in [5, 5.41) is 4.01. The van der Waals surface area contributed by atoms with E-state index in [1.807, 2.05) is 25.9 Å². The molecule has 0 unspecified atom stereocenters. The molecule has 3 rings (SSSR count). The van der Waals surface area contributed by atoms with Gasteiger partial charge in [-0.05, 0) is 26.2 Å². The summed E-state index contributed by atoms with van der Waals surface area (Å²) in [6.45, 7) is 3.01. The molecular formula is C18H26N6O3. The van der Waals surface area contributed by atoms with Crippen molar-refractivity contribution < 1.29 is 14.1 Å². The molecule has 0 saturated carbocycles. The van der Waals surface area contributed by atoms with E-state index < -0.39 is 0 Å². The summed E-state index contributed by atoms with van der Waals surface area (Å²) < 4.78 is 10.5. The van der Waals surface area contributed by atoms with Gasteiger partial charge in [0.05, 0.1) is 17.9 Å². The highest BCUT2D eigenvalue weighted by atomic mass is 16.5. The van der Waals surface area contributed by atoms with E-state index in [1.54, 1.807) is 18.2 Å². The van der Waals surface area contributed by atoms with Gasteiger partial charge in [-0.1, -0.05) is 5.16 Å². The predicted octanol–water partition coefficient (Wildman–Crippen LogP) is 1.79. The summed E-state index contributed by atoms with van der Waals surface area (Å²) in [5.74, 6) is 1.57. The highest BCUT2D eigenvalue weighted by Gasteiger charge is 2.33. The normalized spacial score (nSPS) is 17.2. The third-order valence-electron chi connectivity index (χ3n) is 4.66. The van der Waals surface area contributed by atoms with Gasteiger partial charge in [0, 0.05) is 40.4 Å². The third-order valence-corrected chi connectivity index (χ3v) is 4.66. The van der Waals surface area contributed by atoms with Crippen LogP contribution < -0.4 is 4.90 Å². The second-order valence-electron chi connectivity index (χ2n) is 6.87. The van der Waals surface area contributed by atoms with Gasteiger partial charge in [0.25, 0.3) is 5.91 Å². The van der Waals surface area contributed by atoms with Gasteiger partial charge >= 0.3 is 0 Å². The maximum atomic E-state index is 13.2. The molecule has 1 fully saturated rings. The van der Waals surface area contributed by atoms with Crippen LogP contribution in [0.15, 0.2) is 10.7 Å². The smallest absolute Gasteiger partial charge is 0.257 e. The molecule has 0 aliphatic carbocycles. The summed E-state index contributed by atoms with van der Waals surface area (Å²) in [6.07, 6.45) is 4.94. The molecule has 1 aliphatic heterocycles. The van der Waals surface area contributed by atoms with Crippen LogP contribution in [-0.2, 0) is 11.2 Å². The minimum atomic E-state index is -0.219. The van der Waals surface area contributed by atoms with Crippen molar-refractivity contribution in [1.29, 1.82) is 0 Å². The largest absolute Gasteiger partial charge is 0.384 e. The molecule has 1 saturated heterocycles. The molecule has 146 valence electrons. The second-order valence-corrected chi connectivity index (χ2v) is 6.87. The van der Waals surface area contributed by atoms with E-state index in [-0.39, 0.29) is 11.9 Å². The van der Waals surface area contributed by atoms with Crippen LogP contribution in [0.5, 0.6) is 0 Å². The monoisotopic (exact) mass is 374 g/mol.